The van der Waals surface area contributed by atoms with Gasteiger partial charge in [-0.15, -0.1) is 0 Å². The van der Waals surface area contributed by atoms with Crippen LogP contribution >= 0.6 is 0 Å². The molecule has 1 fully saturated rings. The lowest BCUT2D eigenvalue weighted by atomic mass is 10.0. The van der Waals surface area contributed by atoms with Crippen molar-refractivity contribution in [2.24, 2.45) is 5.92 Å². The number of alkyl halides is 3. The Kier molecular flexibility index (Phi) is 3.30. The second-order valence-electron chi connectivity index (χ2n) is 4.52. The van der Waals surface area contributed by atoms with E-state index in [9.17, 15) is 28.1 Å². The lowest BCUT2D eigenvalue weighted by Gasteiger charge is -2.09. The summed E-state index contributed by atoms with van der Waals surface area (Å²) in [4.78, 5) is 21.0. The van der Waals surface area contributed by atoms with Crippen molar-refractivity contribution in [2.45, 2.75) is 25.4 Å². The summed E-state index contributed by atoms with van der Waals surface area (Å²) in [6, 6.07) is 2.70. The Morgan fingerprint density at radius 2 is 2.00 bits per heavy atom. The normalized spacial score (nSPS) is 15.3. The number of Topliss-reactive ketones (excluding diaryl/α,β-unsaturated/α-hetero) is 1. The minimum atomic E-state index is -4.80. The molecule has 0 N–H and O–H groups in total. The highest BCUT2D eigenvalue weighted by atomic mass is 19.4. The molecule has 0 spiro atoms. The Hall–Kier alpha value is -1.92. The van der Waals surface area contributed by atoms with Gasteiger partial charge in [0.15, 0.2) is 0 Å². The quantitative estimate of drug-likeness (QED) is 0.625. The van der Waals surface area contributed by atoms with Crippen molar-refractivity contribution in [3.05, 3.63) is 39.4 Å². The van der Waals surface area contributed by atoms with Gasteiger partial charge in [0.1, 0.15) is 11.3 Å². The van der Waals surface area contributed by atoms with Gasteiger partial charge in [-0.1, -0.05) is 6.07 Å². The lowest BCUT2D eigenvalue weighted by molar-refractivity contribution is -0.388. The average molecular weight is 273 g/mol. The summed E-state index contributed by atoms with van der Waals surface area (Å²) in [5.74, 6) is -0.161. The molecule has 0 heterocycles. The summed E-state index contributed by atoms with van der Waals surface area (Å²) >= 11 is 0. The smallest absolute Gasteiger partial charge is 0.299 e. The first kappa shape index (κ1) is 13.5. The molecule has 0 atom stereocenters. The Morgan fingerprint density at radius 1 is 1.37 bits per heavy atom. The molecule has 0 unspecified atom stereocenters. The van der Waals surface area contributed by atoms with Crippen LogP contribution in [0.15, 0.2) is 18.2 Å². The molecule has 1 aromatic carbocycles. The van der Waals surface area contributed by atoms with E-state index in [0.717, 1.165) is 18.9 Å². The van der Waals surface area contributed by atoms with Gasteiger partial charge in [0.2, 0.25) is 0 Å². The number of halogens is 3. The topological polar surface area (TPSA) is 60.2 Å². The average Bonchev–Trinajstić information content (AvgIpc) is 3.11. The van der Waals surface area contributed by atoms with Gasteiger partial charge in [-0.3, -0.25) is 14.9 Å². The van der Waals surface area contributed by atoms with Crippen molar-refractivity contribution in [1.29, 1.82) is 0 Å². The van der Waals surface area contributed by atoms with E-state index >= 15 is 0 Å². The number of carbonyl (C=O) groups excluding carboxylic acids is 1. The second-order valence-corrected chi connectivity index (χ2v) is 4.52. The highest BCUT2D eigenvalue weighted by Gasteiger charge is 2.38. The van der Waals surface area contributed by atoms with E-state index in [1.54, 1.807) is 0 Å². The molecule has 0 aliphatic heterocycles. The van der Waals surface area contributed by atoms with Gasteiger partial charge in [0.05, 0.1) is 4.92 Å². The van der Waals surface area contributed by atoms with Crippen LogP contribution in [0.4, 0.5) is 18.9 Å². The monoisotopic (exact) mass is 273 g/mol. The highest BCUT2D eigenvalue weighted by molar-refractivity contribution is 5.85. The molecule has 102 valence electrons. The van der Waals surface area contributed by atoms with Crippen LogP contribution in [0.1, 0.15) is 24.0 Å². The Bertz CT molecular complexity index is 536. The van der Waals surface area contributed by atoms with E-state index in [4.69, 9.17) is 0 Å². The third kappa shape index (κ3) is 3.10. The molecule has 0 aromatic heterocycles. The number of benzene rings is 1. The van der Waals surface area contributed by atoms with E-state index in [2.05, 4.69) is 0 Å². The zero-order chi connectivity index (χ0) is 14.2. The van der Waals surface area contributed by atoms with Crippen molar-refractivity contribution in [1.82, 2.24) is 0 Å². The van der Waals surface area contributed by atoms with Crippen molar-refractivity contribution in [3.8, 4) is 0 Å². The number of hydrogen-bond donors (Lipinski definition) is 0. The Morgan fingerprint density at radius 3 is 2.47 bits per heavy atom. The van der Waals surface area contributed by atoms with Crippen LogP contribution in [-0.2, 0) is 17.4 Å². The fourth-order valence-electron chi connectivity index (χ4n) is 1.83. The molecule has 0 saturated heterocycles. The first-order valence-electron chi connectivity index (χ1n) is 5.66. The summed E-state index contributed by atoms with van der Waals surface area (Å²) in [7, 11) is 0. The number of nitro benzene ring substituents is 1. The van der Waals surface area contributed by atoms with Gasteiger partial charge in [0, 0.05) is 18.4 Å². The van der Waals surface area contributed by atoms with Crippen LogP contribution in [0.3, 0.4) is 0 Å². The first-order chi connectivity index (χ1) is 8.79. The second kappa shape index (κ2) is 4.64. The van der Waals surface area contributed by atoms with Crippen molar-refractivity contribution in [3.63, 3.8) is 0 Å². The number of nitro groups is 1. The maximum Gasteiger partial charge on any atom is 0.423 e. The molecule has 0 radical (unpaired) electrons. The summed E-state index contributed by atoms with van der Waals surface area (Å²) in [5, 5.41) is 10.6. The number of ketones is 1. The van der Waals surface area contributed by atoms with Gasteiger partial charge < -0.3 is 0 Å². The van der Waals surface area contributed by atoms with Crippen molar-refractivity contribution in [2.75, 3.05) is 0 Å². The predicted octanol–water partition coefficient (Wildman–Crippen LogP) is 3.14. The number of carbonyl (C=O) groups is 1. The molecule has 1 aromatic rings. The highest BCUT2D eigenvalue weighted by Crippen LogP contribution is 2.37. The van der Waals surface area contributed by atoms with E-state index in [0.29, 0.717) is 6.07 Å². The van der Waals surface area contributed by atoms with Gasteiger partial charge in [-0.25, -0.2) is 0 Å². The van der Waals surface area contributed by atoms with Crippen LogP contribution in [-0.4, -0.2) is 10.7 Å². The number of hydrogen-bond acceptors (Lipinski definition) is 3. The van der Waals surface area contributed by atoms with E-state index in [1.165, 1.54) is 6.07 Å². The molecular weight excluding hydrogens is 263 g/mol. The molecule has 19 heavy (non-hydrogen) atoms. The molecule has 0 amide bonds. The standard InChI is InChI=1S/C12H10F3NO3/c13-12(14,15)9-5-7(1-4-10(9)16(18)19)6-11(17)8-2-3-8/h1,4-5,8H,2-3,6H2. The third-order valence-electron chi connectivity index (χ3n) is 2.97. The molecule has 7 heteroatoms. The zero-order valence-electron chi connectivity index (χ0n) is 9.74. The maximum atomic E-state index is 12.7. The van der Waals surface area contributed by atoms with E-state index < -0.39 is 22.4 Å². The number of nitrogens with zero attached hydrogens (tertiary/aromatic N) is 1. The van der Waals surface area contributed by atoms with Crippen LogP contribution in [0.5, 0.6) is 0 Å². The largest absolute Gasteiger partial charge is 0.423 e. The minimum Gasteiger partial charge on any atom is -0.299 e. The number of rotatable bonds is 4. The Labute approximate surface area is 106 Å². The maximum absolute atomic E-state index is 12.7. The van der Waals surface area contributed by atoms with Crippen molar-refractivity contribution >= 4 is 11.5 Å². The summed E-state index contributed by atoms with van der Waals surface area (Å²) in [6.07, 6.45) is -3.36. The molecule has 1 aliphatic rings. The minimum absolute atomic E-state index is 0.0514. The van der Waals surface area contributed by atoms with E-state index in [-0.39, 0.29) is 23.7 Å². The summed E-state index contributed by atoms with van der Waals surface area (Å²) < 4.78 is 38.1. The molecular formula is C12H10F3NO3. The van der Waals surface area contributed by atoms with Crippen LogP contribution < -0.4 is 0 Å². The fourth-order valence-corrected chi connectivity index (χ4v) is 1.83. The lowest BCUT2D eigenvalue weighted by Crippen LogP contribution is -2.11. The first-order valence-corrected chi connectivity index (χ1v) is 5.66. The van der Waals surface area contributed by atoms with Gasteiger partial charge in [-0.2, -0.15) is 13.2 Å². The molecule has 1 saturated carbocycles. The molecule has 1 aliphatic carbocycles. The van der Waals surface area contributed by atoms with Gasteiger partial charge in [-0.05, 0) is 24.5 Å². The SMILES string of the molecule is O=C(Cc1ccc([N+](=O)[O-])c(C(F)(F)F)c1)C1CC1. The third-order valence-corrected chi connectivity index (χ3v) is 2.97. The van der Waals surface area contributed by atoms with Crippen molar-refractivity contribution < 1.29 is 22.9 Å². The van der Waals surface area contributed by atoms with Gasteiger partial charge in [0.25, 0.3) is 5.69 Å². The molecule has 2 rings (SSSR count). The zero-order valence-corrected chi connectivity index (χ0v) is 9.74. The Balaban J connectivity index is 2.32. The predicted molar refractivity (Wildman–Crippen MR) is 59.5 cm³/mol. The van der Waals surface area contributed by atoms with Crippen LogP contribution in [0.25, 0.3) is 0 Å². The van der Waals surface area contributed by atoms with Crippen LogP contribution in [0.2, 0.25) is 0 Å². The molecule has 0 bridgehead atoms. The molecule has 4 nitrogen and oxygen atoms in total. The summed E-state index contributed by atoms with van der Waals surface area (Å²) in [5.41, 5.74) is -2.14. The summed E-state index contributed by atoms with van der Waals surface area (Å²) in [6.45, 7) is 0. The van der Waals surface area contributed by atoms with E-state index in [1.807, 2.05) is 0 Å². The fraction of sp³-hybridized carbons (Fsp3) is 0.417. The van der Waals surface area contributed by atoms with Crippen LogP contribution in [0, 0.1) is 16.0 Å². The van der Waals surface area contributed by atoms with Gasteiger partial charge >= 0.3 is 6.18 Å².